The summed E-state index contributed by atoms with van der Waals surface area (Å²) in [6.07, 6.45) is 13.4. The molecule has 0 bridgehead atoms. The van der Waals surface area contributed by atoms with Crippen LogP contribution >= 0.6 is 11.5 Å². The second-order valence-electron chi connectivity index (χ2n) is 8.28. The Hall–Kier alpha value is -2.22. The van der Waals surface area contributed by atoms with Crippen LogP contribution in [0.5, 0.6) is 0 Å². The number of aromatic nitrogens is 3. The second-order valence-corrected chi connectivity index (χ2v) is 9.09. The van der Waals surface area contributed by atoms with Gasteiger partial charge in [0.05, 0.1) is 18.1 Å². The number of aryl methyl sites for hydroxylation is 1. The van der Waals surface area contributed by atoms with E-state index in [9.17, 15) is 4.79 Å². The molecule has 0 radical (unpaired) electrons. The maximum absolute atomic E-state index is 12.5. The summed E-state index contributed by atoms with van der Waals surface area (Å²) in [6, 6.07) is 2.68. The lowest BCUT2D eigenvalue weighted by atomic mass is 9.87. The van der Waals surface area contributed by atoms with Crippen LogP contribution in [-0.4, -0.2) is 32.3 Å². The van der Waals surface area contributed by atoms with Crippen LogP contribution in [-0.2, 0) is 4.79 Å². The SMILES string of the molecule is Cc1cc(Nc2cncc(NC3CCC(NC(=O)C4CCCCC4)CC3)n2)sn1. The summed E-state index contributed by atoms with van der Waals surface area (Å²) >= 11 is 1.42. The molecule has 0 unspecified atom stereocenters. The van der Waals surface area contributed by atoms with Crippen molar-refractivity contribution in [1.29, 1.82) is 0 Å². The average Bonchev–Trinajstić information content (AvgIpc) is 3.15. The first-order chi connectivity index (χ1) is 14.2. The number of carbonyl (C=O) groups excluding carboxylic acids is 1. The minimum absolute atomic E-state index is 0.243. The fraction of sp³-hybridized carbons (Fsp3) is 0.619. The minimum Gasteiger partial charge on any atom is -0.366 e. The monoisotopic (exact) mass is 414 g/mol. The smallest absolute Gasteiger partial charge is 0.223 e. The topological polar surface area (TPSA) is 91.8 Å². The van der Waals surface area contributed by atoms with Crippen LogP contribution in [0.3, 0.4) is 0 Å². The van der Waals surface area contributed by atoms with Gasteiger partial charge in [0.25, 0.3) is 0 Å². The number of amides is 1. The van der Waals surface area contributed by atoms with Crippen LogP contribution < -0.4 is 16.0 Å². The van der Waals surface area contributed by atoms with E-state index < -0.39 is 0 Å². The van der Waals surface area contributed by atoms with Gasteiger partial charge in [0.1, 0.15) is 10.8 Å². The molecular weight excluding hydrogens is 384 g/mol. The summed E-state index contributed by atoms with van der Waals surface area (Å²) in [7, 11) is 0. The van der Waals surface area contributed by atoms with Crippen molar-refractivity contribution in [3.05, 3.63) is 24.2 Å². The van der Waals surface area contributed by atoms with Crippen molar-refractivity contribution in [2.75, 3.05) is 10.6 Å². The van der Waals surface area contributed by atoms with Crippen molar-refractivity contribution in [3.8, 4) is 0 Å². The van der Waals surface area contributed by atoms with Gasteiger partial charge in [-0.1, -0.05) is 19.3 Å². The van der Waals surface area contributed by atoms with E-state index >= 15 is 0 Å². The highest BCUT2D eigenvalue weighted by atomic mass is 32.1. The fourth-order valence-corrected chi connectivity index (χ4v) is 4.99. The quantitative estimate of drug-likeness (QED) is 0.649. The van der Waals surface area contributed by atoms with Gasteiger partial charge in [-0.05, 0) is 63.0 Å². The zero-order chi connectivity index (χ0) is 20.1. The van der Waals surface area contributed by atoms with E-state index in [1.165, 1.54) is 30.8 Å². The van der Waals surface area contributed by atoms with Crippen molar-refractivity contribution in [1.82, 2.24) is 19.7 Å². The predicted octanol–water partition coefficient (Wildman–Crippen LogP) is 4.40. The number of rotatable bonds is 6. The summed E-state index contributed by atoms with van der Waals surface area (Å²) in [4.78, 5) is 21.4. The van der Waals surface area contributed by atoms with Gasteiger partial charge in [0, 0.05) is 18.0 Å². The lowest BCUT2D eigenvalue weighted by Crippen LogP contribution is -2.43. The van der Waals surface area contributed by atoms with E-state index in [0.29, 0.717) is 17.9 Å². The molecule has 3 N–H and O–H groups in total. The Morgan fingerprint density at radius 3 is 2.45 bits per heavy atom. The Morgan fingerprint density at radius 2 is 1.72 bits per heavy atom. The van der Waals surface area contributed by atoms with Gasteiger partial charge in [-0.15, -0.1) is 0 Å². The summed E-state index contributed by atoms with van der Waals surface area (Å²) in [5.41, 5.74) is 0.993. The molecule has 2 aromatic heterocycles. The number of nitrogens with one attached hydrogen (secondary N) is 3. The molecule has 4 rings (SSSR count). The normalized spacial score (nSPS) is 22.8. The molecule has 0 saturated heterocycles. The van der Waals surface area contributed by atoms with Gasteiger partial charge in [-0.25, -0.2) is 4.98 Å². The first kappa shape index (κ1) is 20.1. The van der Waals surface area contributed by atoms with Gasteiger partial charge in [-0.2, -0.15) is 4.37 Å². The molecule has 2 saturated carbocycles. The van der Waals surface area contributed by atoms with Crippen LogP contribution in [0.1, 0.15) is 63.5 Å². The zero-order valence-corrected chi connectivity index (χ0v) is 17.8. The molecule has 2 aliphatic carbocycles. The number of hydrogen-bond acceptors (Lipinski definition) is 7. The molecule has 156 valence electrons. The first-order valence-electron chi connectivity index (χ1n) is 10.7. The van der Waals surface area contributed by atoms with E-state index in [1.54, 1.807) is 12.4 Å². The molecule has 0 aliphatic heterocycles. The maximum atomic E-state index is 12.5. The van der Waals surface area contributed by atoms with Crippen LogP contribution in [0.15, 0.2) is 18.5 Å². The van der Waals surface area contributed by atoms with E-state index in [0.717, 1.165) is 55.0 Å². The van der Waals surface area contributed by atoms with E-state index in [4.69, 9.17) is 0 Å². The molecule has 29 heavy (non-hydrogen) atoms. The van der Waals surface area contributed by atoms with Crippen LogP contribution in [0.2, 0.25) is 0 Å². The molecule has 2 aromatic rings. The predicted molar refractivity (Wildman–Crippen MR) is 117 cm³/mol. The molecule has 2 fully saturated rings. The van der Waals surface area contributed by atoms with Crippen molar-refractivity contribution in [2.45, 2.75) is 76.8 Å². The van der Waals surface area contributed by atoms with Gasteiger partial charge in [0.2, 0.25) is 5.91 Å². The lowest BCUT2D eigenvalue weighted by Gasteiger charge is -2.31. The third-order valence-corrected chi connectivity index (χ3v) is 6.71. The summed E-state index contributed by atoms with van der Waals surface area (Å²) < 4.78 is 4.27. The van der Waals surface area contributed by atoms with Crippen molar-refractivity contribution in [3.63, 3.8) is 0 Å². The molecule has 2 aliphatic rings. The Morgan fingerprint density at radius 1 is 1.00 bits per heavy atom. The molecule has 0 spiro atoms. The largest absolute Gasteiger partial charge is 0.366 e. The highest BCUT2D eigenvalue weighted by Gasteiger charge is 2.26. The molecule has 2 heterocycles. The fourth-order valence-electron chi connectivity index (χ4n) is 4.32. The Labute approximate surface area is 176 Å². The van der Waals surface area contributed by atoms with Crippen molar-refractivity contribution in [2.24, 2.45) is 5.92 Å². The van der Waals surface area contributed by atoms with Crippen LogP contribution in [0, 0.1) is 12.8 Å². The molecule has 0 aromatic carbocycles. The van der Waals surface area contributed by atoms with E-state index in [1.807, 2.05) is 13.0 Å². The first-order valence-corrected chi connectivity index (χ1v) is 11.5. The zero-order valence-electron chi connectivity index (χ0n) is 17.0. The lowest BCUT2D eigenvalue weighted by molar-refractivity contribution is -0.126. The van der Waals surface area contributed by atoms with Crippen LogP contribution in [0.4, 0.5) is 16.6 Å². The Bertz CT molecular complexity index is 811. The van der Waals surface area contributed by atoms with Crippen molar-refractivity contribution >= 4 is 34.1 Å². The number of nitrogens with zero attached hydrogens (tertiary/aromatic N) is 3. The highest BCUT2D eigenvalue weighted by molar-refractivity contribution is 7.10. The third kappa shape index (κ3) is 5.65. The summed E-state index contributed by atoms with van der Waals surface area (Å²) in [6.45, 7) is 1.97. The summed E-state index contributed by atoms with van der Waals surface area (Å²) in [5.74, 6) is 2.02. The Balaban J connectivity index is 1.24. The average molecular weight is 415 g/mol. The number of anilines is 3. The third-order valence-electron chi connectivity index (χ3n) is 5.92. The summed E-state index contributed by atoms with van der Waals surface area (Å²) in [5, 5.41) is 11.0. The minimum atomic E-state index is 0.243. The second kappa shape index (κ2) is 9.52. The molecule has 7 nitrogen and oxygen atoms in total. The van der Waals surface area contributed by atoms with Gasteiger partial charge in [-0.3, -0.25) is 9.78 Å². The Kier molecular flexibility index (Phi) is 6.59. The van der Waals surface area contributed by atoms with Crippen LogP contribution in [0.25, 0.3) is 0 Å². The standard InChI is InChI=1S/C21H30N6OS/c1-14-11-20(29-27-14)26-19-13-22-12-18(25-19)23-16-7-9-17(10-8-16)24-21(28)15-5-3-2-4-6-15/h11-13,15-17H,2-10H2,1H3,(H,24,28)(H2,23,25,26). The number of hydrogen-bond donors (Lipinski definition) is 3. The molecule has 1 amide bonds. The van der Waals surface area contributed by atoms with E-state index in [-0.39, 0.29) is 11.8 Å². The van der Waals surface area contributed by atoms with Gasteiger partial charge in [0.15, 0.2) is 5.82 Å². The maximum Gasteiger partial charge on any atom is 0.223 e. The van der Waals surface area contributed by atoms with Crippen molar-refractivity contribution < 1.29 is 4.79 Å². The molecule has 0 atom stereocenters. The highest BCUT2D eigenvalue weighted by Crippen LogP contribution is 2.26. The molecule has 8 heteroatoms. The van der Waals surface area contributed by atoms with Gasteiger partial charge >= 0.3 is 0 Å². The molecular formula is C21H30N6OS. The van der Waals surface area contributed by atoms with E-state index in [2.05, 4.69) is 30.3 Å². The number of carbonyl (C=O) groups is 1. The van der Waals surface area contributed by atoms with Gasteiger partial charge < -0.3 is 16.0 Å².